The first kappa shape index (κ1) is 15.7. The fourth-order valence-electron chi connectivity index (χ4n) is 3.56. The molecule has 0 amide bonds. The van der Waals surface area contributed by atoms with Crippen LogP contribution < -0.4 is 4.74 Å². The fraction of sp³-hybridized carbons (Fsp3) is 0.150. The molecule has 1 N–H and O–H groups in total. The molecule has 130 valence electrons. The smallest absolute Gasteiger partial charge is 0.222 e. The van der Waals surface area contributed by atoms with E-state index in [4.69, 9.17) is 21.4 Å². The van der Waals surface area contributed by atoms with Gasteiger partial charge in [-0.2, -0.15) is 5.10 Å². The highest BCUT2D eigenvalue weighted by Gasteiger charge is 2.41. The zero-order valence-electron chi connectivity index (χ0n) is 13.7. The van der Waals surface area contributed by atoms with Crippen LogP contribution in [-0.4, -0.2) is 15.8 Å². The highest BCUT2D eigenvalue weighted by molar-refractivity contribution is 7.10. The average Bonchev–Trinajstić information content (AvgIpc) is 3.33. The lowest BCUT2D eigenvalue weighted by molar-refractivity contribution is -0.0165. The minimum absolute atomic E-state index is 0.0698. The Labute approximate surface area is 159 Å². The minimum atomic E-state index is -0.270. The highest BCUT2D eigenvalue weighted by atomic mass is 35.5. The number of phenolic OH excluding ortho intramolecular Hbond substituents is 1. The second kappa shape index (κ2) is 6.04. The molecule has 2 aliphatic heterocycles. The molecule has 4 nitrogen and oxygen atoms in total. The van der Waals surface area contributed by atoms with E-state index >= 15 is 0 Å². The van der Waals surface area contributed by atoms with Crippen LogP contribution in [0, 0.1) is 0 Å². The lowest BCUT2D eigenvalue weighted by Gasteiger charge is -2.37. The summed E-state index contributed by atoms with van der Waals surface area (Å²) in [5.41, 5.74) is 2.60. The molecule has 0 saturated heterocycles. The number of hydrogen-bond donors (Lipinski definition) is 1. The van der Waals surface area contributed by atoms with E-state index in [1.54, 1.807) is 29.5 Å². The SMILES string of the molecule is Oc1ccc(Cl)cc1C1=NN2C(C1)c1ccccc1OC2c1cccs1. The molecule has 2 atom stereocenters. The van der Waals surface area contributed by atoms with Crippen molar-refractivity contribution in [3.05, 3.63) is 81.0 Å². The maximum absolute atomic E-state index is 10.3. The van der Waals surface area contributed by atoms with Gasteiger partial charge in [0.2, 0.25) is 6.23 Å². The van der Waals surface area contributed by atoms with Crippen molar-refractivity contribution >= 4 is 28.6 Å². The molecule has 6 heteroatoms. The van der Waals surface area contributed by atoms with Crippen LogP contribution >= 0.6 is 22.9 Å². The summed E-state index contributed by atoms with van der Waals surface area (Å²) in [5.74, 6) is 1.08. The van der Waals surface area contributed by atoms with Gasteiger partial charge in [-0.3, -0.25) is 0 Å². The Morgan fingerprint density at radius 3 is 2.88 bits per heavy atom. The van der Waals surface area contributed by atoms with E-state index in [1.165, 1.54) is 0 Å². The van der Waals surface area contributed by atoms with E-state index in [0.717, 1.165) is 21.9 Å². The first-order valence-corrected chi connectivity index (χ1v) is 9.60. The molecule has 0 fully saturated rings. The summed E-state index contributed by atoms with van der Waals surface area (Å²) in [4.78, 5) is 1.10. The zero-order chi connectivity index (χ0) is 17.7. The maximum Gasteiger partial charge on any atom is 0.222 e. The number of benzene rings is 2. The van der Waals surface area contributed by atoms with Crippen molar-refractivity contribution in [2.45, 2.75) is 18.7 Å². The number of hydrazone groups is 1. The summed E-state index contributed by atoms with van der Waals surface area (Å²) < 4.78 is 6.27. The van der Waals surface area contributed by atoms with Crippen molar-refractivity contribution in [1.82, 2.24) is 5.01 Å². The molecular weight excluding hydrogens is 368 g/mol. The summed E-state index contributed by atoms with van der Waals surface area (Å²) in [6.07, 6.45) is 0.421. The Bertz CT molecular complexity index is 1000. The molecule has 2 aliphatic rings. The number of thiophene rings is 1. The van der Waals surface area contributed by atoms with Gasteiger partial charge in [-0.05, 0) is 35.7 Å². The number of hydrogen-bond acceptors (Lipinski definition) is 5. The lowest BCUT2D eigenvalue weighted by atomic mass is 9.96. The van der Waals surface area contributed by atoms with Crippen molar-refractivity contribution in [3.63, 3.8) is 0 Å². The Kier molecular flexibility index (Phi) is 3.65. The van der Waals surface area contributed by atoms with Gasteiger partial charge in [0.05, 0.1) is 16.6 Å². The van der Waals surface area contributed by atoms with Gasteiger partial charge in [-0.15, -0.1) is 11.3 Å². The molecular formula is C20H15ClN2O2S. The molecule has 5 rings (SSSR count). The van der Waals surface area contributed by atoms with E-state index in [1.807, 2.05) is 34.7 Å². The van der Waals surface area contributed by atoms with Crippen LogP contribution in [0.3, 0.4) is 0 Å². The van der Waals surface area contributed by atoms with Crippen LogP contribution in [0.2, 0.25) is 5.02 Å². The number of ether oxygens (including phenoxy) is 1. The minimum Gasteiger partial charge on any atom is -0.507 e. The van der Waals surface area contributed by atoms with Gasteiger partial charge in [0.25, 0.3) is 0 Å². The van der Waals surface area contributed by atoms with Gasteiger partial charge in [0, 0.05) is 22.6 Å². The Morgan fingerprint density at radius 2 is 2.04 bits per heavy atom. The van der Waals surface area contributed by atoms with Gasteiger partial charge < -0.3 is 9.84 Å². The third-order valence-corrected chi connectivity index (χ3v) is 5.89. The van der Waals surface area contributed by atoms with Crippen LogP contribution in [0.4, 0.5) is 0 Å². The van der Waals surface area contributed by atoms with Gasteiger partial charge in [0.1, 0.15) is 11.5 Å². The number of rotatable bonds is 2. The number of halogens is 1. The fourth-order valence-corrected chi connectivity index (χ4v) is 4.47. The van der Waals surface area contributed by atoms with Crippen molar-refractivity contribution < 1.29 is 9.84 Å². The summed E-state index contributed by atoms with van der Waals surface area (Å²) >= 11 is 7.79. The predicted octanol–water partition coefficient (Wildman–Crippen LogP) is 5.35. The van der Waals surface area contributed by atoms with Gasteiger partial charge in [-0.1, -0.05) is 35.9 Å². The van der Waals surface area contributed by atoms with E-state index in [-0.39, 0.29) is 18.0 Å². The molecule has 1 aromatic heterocycles. The third-order valence-electron chi connectivity index (χ3n) is 4.76. The number of aromatic hydroxyl groups is 1. The number of nitrogens with zero attached hydrogens (tertiary/aromatic N) is 2. The Balaban J connectivity index is 1.62. The molecule has 3 heterocycles. The average molecular weight is 383 g/mol. The first-order chi connectivity index (χ1) is 12.7. The molecule has 0 bridgehead atoms. The molecule has 0 saturated carbocycles. The molecule has 0 spiro atoms. The second-order valence-electron chi connectivity index (χ2n) is 6.33. The first-order valence-electron chi connectivity index (χ1n) is 8.34. The summed E-state index contributed by atoms with van der Waals surface area (Å²) in [6.45, 7) is 0. The van der Waals surface area contributed by atoms with Crippen LogP contribution in [0.1, 0.15) is 34.7 Å². The van der Waals surface area contributed by atoms with E-state index < -0.39 is 0 Å². The zero-order valence-corrected chi connectivity index (χ0v) is 15.2. The molecule has 26 heavy (non-hydrogen) atoms. The van der Waals surface area contributed by atoms with Crippen molar-refractivity contribution in [1.29, 1.82) is 0 Å². The maximum atomic E-state index is 10.3. The number of phenols is 1. The molecule has 2 aromatic carbocycles. The van der Waals surface area contributed by atoms with Gasteiger partial charge >= 0.3 is 0 Å². The van der Waals surface area contributed by atoms with Gasteiger partial charge in [-0.25, -0.2) is 5.01 Å². The molecule has 0 radical (unpaired) electrons. The normalized spacial score (nSPS) is 21.0. The highest BCUT2D eigenvalue weighted by Crippen LogP contribution is 2.48. The van der Waals surface area contributed by atoms with Crippen molar-refractivity contribution in [2.75, 3.05) is 0 Å². The number of para-hydroxylation sites is 1. The Hall–Kier alpha value is -2.50. The molecule has 3 aromatic rings. The standard InChI is InChI=1S/C20H15ClN2O2S/c21-12-7-8-17(24)14(10-12)15-11-16-13-4-1-2-5-18(13)25-20(23(16)22-15)19-6-3-9-26-19/h1-10,16,20,24H,11H2. The van der Waals surface area contributed by atoms with E-state index in [0.29, 0.717) is 17.0 Å². The largest absolute Gasteiger partial charge is 0.507 e. The third kappa shape index (κ3) is 2.47. The molecule has 0 aliphatic carbocycles. The second-order valence-corrected chi connectivity index (χ2v) is 7.75. The van der Waals surface area contributed by atoms with Crippen molar-refractivity contribution in [3.8, 4) is 11.5 Å². The van der Waals surface area contributed by atoms with Crippen molar-refractivity contribution in [2.24, 2.45) is 5.10 Å². The van der Waals surface area contributed by atoms with Crippen LogP contribution in [-0.2, 0) is 0 Å². The lowest BCUT2D eigenvalue weighted by Crippen LogP contribution is -2.33. The van der Waals surface area contributed by atoms with Crippen LogP contribution in [0.15, 0.2) is 65.1 Å². The summed E-state index contributed by atoms with van der Waals surface area (Å²) in [6, 6.07) is 17.3. The summed E-state index contributed by atoms with van der Waals surface area (Å²) in [7, 11) is 0. The number of fused-ring (bicyclic) bond motifs is 3. The molecule has 2 unspecified atom stereocenters. The quantitative estimate of drug-likeness (QED) is 0.649. The van der Waals surface area contributed by atoms with Crippen LogP contribution in [0.5, 0.6) is 11.5 Å². The monoisotopic (exact) mass is 382 g/mol. The van der Waals surface area contributed by atoms with E-state index in [2.05, 4.69) is 12.1 Å². The summed E-state index contributed by atoms with van der Waals surface area (Å²) in [5, 5.41) is 19.7. The predicted molar refractivity (Wildman–Crippen MR) is 103 cm³/mol. The Morgan fingerprint density at radius 1 is 1.15 bits per heavy atom. The van der Waals surface area contributed by atoms with Gasteiger partial charge in [0.15, 0.2) is 0 Å². The van der Waals surface area contributed by atoms with Crippen LogP contribution in [0.25, 0.3) is 0 Å². The topological polar surface area (TPSA) is 45.1 Å². The van der Waals surface area contributed by atoms with E-state index in [9.17, 15) is 5.11 Å².